The first-order valence-corrected chi connectivity index (χ1v) is 6.20. The molecule has 1 aliphatic heterocycles. The first-order chi connectivity index (χ1) is 8.63. The summed E-state index contributed by atoms with van der Waals surface area (Å²) in [4.78, 5) is 13.0. The van der Waals surface area contributed by atoms with Gasteiger partial charge in [-0.3, -0.25) is 0 Å². The van der Waals surface area contributed by atoms with E-state index in [2.05, 4.69) is 6.07 Å². The smallest absolute Gasteiger partial charge is 0.326 e. The van der Waals surface area contributed by atoms with Gasteiger partial charge < -0.3 is 10.0 Å². The van der Waals surface area contributed by atoms with Gasteiger partial charge in [0.15, 0.2) is 0 Å². The molecule has 0 radical (unpaired) electrons. The van der Waals surface area contributed by atoms with E-state index in [9.17, 15) is 9.90 Å². The molecule has 1 N–H and O–H groups in total. The molecule has 1 saturated heterocycles. The van der Waals surface area contributed by atoms with Crippen LogP contribution in [0.3, 0.4) is 0 Å². The molecule has 1 atom stereocenters. The lowest BCUT2D eigenvalue weighted by molar-refractivity contribution is -0.139. The minimum absolute atomic E-state index is 0.465. The number of halogens is 1. The van der Waals surface area contributed by atoms with Crippen LogP contribution in [-0.2, 0) is 4.79 Å². The van der Waals surface area contributed by atoms with Crippen LogP contribution >= 0.6 is 11.6 Å². The summed E-state index contributed by atoms with van der Waals surface area (Å²) < 4.78 is 0. The lowest BCUT2D eigenvalue weighted by Crippen LogP contribution is -2.45. The van der Waals surface area contributed by atoms with Crippen molar-refractivity contribution in [1.29, 1.82) is 5.26 Å². The van der Waals surface area contributed by atoms with Gasteiger partial charge in [-0.25, -0.2) is 4.79 Å². The second kappa shape index (κ2) is 5.28. The topological polar surface area (TPSA) is 64.3 Å². The third-order valence-corrected chi connectivity index (χ3v) is 3.41. The number of anilines is 1. The average molecular weight is 265 g/mol. The molecular weight excluding hydrogens is 252 g/mol. The van der Waals surface area contributed by atoms with Gasteiger partial charge in [-0.2, -0.15) is 5.26 Å². The van der Waals surface area contributed by atoms with Gasteiger partial charge in [0.25, 0.3) is 0 Å². The SMILES string of the molecule is N#Cc1ccc(Cl)cc1N1CCCCC1C(=O)O. The number of carboxylic acid groups (broad SMARTS) is 1. The Kier molecular flexibility index (Phi) is 3.73. The number of aliphatic carboxylic acids is 1. The molecule has 0 spiro atoms. The van der Waals surface area contributed by atoms with Crippen LogP contribution < -0.4 is 4.90 Å². The summed E-state index contributed by atoms with van der Waals surface area (Å²) in [6, 6.07) is 6.46. The van der Waals surface area contributed by atoms with Gasteiger partial charge in [0.2, 0.25) is 0 Å². The number of carboxylic acids is 1. The Morgan fingerprint density at radius 3 is 2.94 bits per heavy atom. The van der Waals surface area contributed by atoms with Crippen LogP contribution in [0.2, 0.25) is 5.02 Å². The van der Waals surface area contributed by atoms with E-state index in [0.717, 1.165) is 12.8 Å². The lowest BCUT2D eigenvalue weighted by atomic mass is 10.00. The van der Waals surface area contributed by atoms with E-state index in [4.69, 9.17) is 16.9 Å². The van der Waals surface area contributed by atoms with Crippen molar-refractivity contribution in [3.63, 3.8) is 0 Å². The van der Waals surface area contributed by atoms with E-state index >= 15 is 0 Å². The summed E-state index contributed by atoms with van der Waals surface area (Å²) in [5.41, 5.74) is 1.09. The van der Waals surface area contributed by atoms with Crippen LogP contribution in [0, 0.1) is 11.3 Å². The predicted molar refractivity (Wildman–Crippen MR) is 68.8 cm³/mol. The zero-order valence-corrected chi connectivity index (χ0v) is 10.5. The summed E-state index contributed by atoms with van der Waals surface area (Å²) in [6.07, 6.45) is 2.43. The Hall–Kier alpha value is -1.73. The number of piperidine rings is 1. The fourth-order valence-corrected chi connectivity index (χ4v) is 2.48. The first kappa shape index (κ1) is 12.7. The van der Waals surface area contributed by atoms with E-state index in [0.29, 0.717) is 29.2 Å². The van der Waals surface area contributed by atoms with E-state index in [1.165, 1.54) is 0 Å². The van der Waals surface area contributed by atoms with Crippen LogP contribution in [0.15, 0.2) is 18.2 Å². The maximum Gasteiger partial charge on any atom is 0.326 e. The maximum atomic E-state index is 11.3. The lowest BCUT2D eigenvalue weighted by Gasteiger charge is -2.35. The highest BCUT2D eigenvalue weighted by atomic mass is 35.5. The maximum absolute atomic E-state index is 11.3. The molecule has 0 saturated carbocycles. The van der Waals surface area contributed by atoms with E-state index < -0.39 is 12.0 Å². The van der Waals surface area contributed by atoms with Gasteiger partial charge in [-0.15, -0.1) is 0 Å². The van der Waals surface area contributed by atoms with Crippen LogP contribution in [0.25, 0.3) is 0 Å². The number of hydrogen-bond donors (Lipinski definition) is 1. The number of benzene rings is 1. The first-order valence-electron chi connectivity index (χ1n) is 5.82. The van der Waals surface area contributed by atoms with Gasteiger partial charge in [-0.05, 0) is 37.5 Å². The molecule has 1 aromatic carbocycles. The summed E-state index contributed by atoms with van der Waals surface area (Å²) in [6.45, 7) is 0.645. The highest BCUT2D eigenvalue weighted by molar-refractivity contribution is 6.30. The van der Waals surface area contributed by atoms with Crippen molar-refractivity contribution < 1.29 is 9.90 Å². The Morgan fingerprint density at radius 1 is 1.50 bits per heavy atom. The molecule has 0 bridgehead atoms. The van der Waals surface area contributed by atoms with Crippen molar-refractivity contribution in [2.24, 2.45) is 0 Å². The molecule has 1 unspecified atom stereocenters. The second-order valence-corrected chi connectivity index (χ2v) is 4.75. The van der Waals surface area contributed by atoms with Crippen LogP contribution in [0.4, 0.5) is 5.69 Å². The number of carbonyl (C=O) groups is 1. The Labute approximate surface area is 110 Å². The molecule has 1 aromatic rings. The minimum Gasteiger partial charge on any atom is -0.480 e. The largest absolute Gasteiger partial charge is 0.480 e. The standard InChI is InChI=1S/C13H13ClN2O2/c14-10-5-4-9(8-15)12(7-10)16-6-2-1-3-11(16)13(17)18/h4-5,7,11H,1-3,6H2,(H,17,18). The summed E-state index contributed by atoms with van der Waals surface area (Å²) in [5.74, 6) is -0.849. The zero-order chi connectivity index (χ0) is 13.1. The normalized spacial score (nSPS) is 19.3. The van der Waals surface area contributed by atoms with Gasteiger partial charge in [0, 0.05) is 11.6 Å². The van der Waals surface area contributed by atoms with Crippen LogP contribution in [-0.4, -0.2) is 23.7 Å². The van der Waals surface area contributed by atoms with E-state index in [1.807, 2.05) is 0 Å². The van der Waals surface area contributed by atoms with Crippen molar-refractivity contribution in [1.82, 2.24) is 0 Å². The Morgan fingerprint density at radius 2 is 2.28 bits per heavy atom. The summed E-state index contributed by atoms with van der Waals surface area (Å²) in [7, 11) is 0. The highest BCUT2D eigenvalue weighted by Crippen LogP contribution is 2.30. The number of nitriles is 1. The van der Waals surface area contributed by atoms with Gasteiger partial charge in [0.1, 0.15) is 12.1 Å². The van der Waals surface area contributed by atoms with Crippen molar-refractivity contribution >= 4 is 23.3 Å². The number of nitrogens with zero attached hydrogens (tertiary/aromatic N) is 2. The van der Waals surface area contributed by atoms with Crippen LogP contribution in [0.1, 0.15) is 24.8 Å². The Bertz CT molecular complexity index is 510. The summed E-state index contributed by atoms with van der Waals surface area (Å²) >= 11 is 5.94. The van der Waals surface area contributed by atoms with Crippen LogP contribution in [0.5, 0.6) is 0 Å². The quantitative estimate of drug-likeness (QED) is 0.892. The predicted octanol–water partition coefficient (Wildman–Crippen LogP) is 2.66. The van der Waals surface area contributed by atoms with E-state index in [-0.39, 0.29) is 0 Å². The molecule has 0 aliphatic carbocycles. The molecule has 0 aromatic heterocycles. The number of rotatable bonds is 2. The van der Waals surface area contributed by atoms with E-state index in [1.54, 1.807) is 23.1 Å². The zero-order valence-electron chi connectivity index (χ0n) is 9.77. The van der Waals surface area contributed by atoms with Crippen molar-refractivity contribution in [2.45, 2.75) is 25.3 Å². The van der Waals surface area contributed by atoms with Crippen molar-refractivity contribution in [3.8, 4) is 6.07 Å². The minimum atomic E-state index is -0.849. The van der Waals surface area contributed by atoms with Gasteiger partial charge in [-0.1, -0.05) is 11.6 Å². The summed E-state index contributed by atoms with van der Waals surface area (Å²) in [5, 5.41) is 18.9. The Balaban J connectivity index is 2.42. The highest BCUT2D eigenvalue weighted by Gasteiger charge is 2.29. The molecule has 5 heteroatoms. The molecule has 1 heterocycles. The molecule has 94 valence electrons. The molecule has 18 heavy (non-hydrogen) atoms. The van der Waals surface area contributed by atoms with Gasteiger partial charge in [0.05, 0.1) is 11.3 Å². The van der Waals surface area contributed by atoms with Crippen molar-refractivity contribution in [2.75, 3.05) is 11.4 Å². The second-order valence-electron chi connectivity index (χ2n) is 4.32. The fraction of sp³-hybridized carbons (Fsp3) is 0.385. The third kappa shape index (κ3) is 2.41. The molecule has 2 rings (SSSR count). The molecule has 4 nitrogen and oxygen atoms in total. The third-order valence-electron chi connectivity index (χ3n) is 3.18. The average Bonchev–Trinajstić information content (AvgIpc) is 2.38. The fourth-order valence-electron chi connectivity index (χ4n) is 2.31. The van der Waals surface area contributed by atoms with Crippen molar-refractivity contribution in [3.05, 3.63) is 28.8 Å². The van der Waals surface area contributed by atoms with Gasteiger partial charge >= 0.3 is 5.97 Å². The molecule has 1 fully saturated rings. The molecule has 1 aliphatic rings. The number of hydrogen-bond acceptors (Lipinski definition) is 3. The molecular formula is C13H13ClN2O2. The molecule has 0 amide bonds. The monoisotopic (exact) mass is 264 g/mol.